The Hall–Kier alpha value is -1.98. The van der Waals surface area contributed by atoms with Crippen LogP contribution in [-0.4, -0.2) is 20.1 Å². The summed E-state index contributed by atoms with van der Waals surface area (Å²) in [7, 11) is 3.01. The van der Waals surface area contributed by atoms with Crippen LogP contribution in [0.15, 0.2) is 46.9 Å². The summed E-state index contributed by atoms with van der Waals surface area (Å²) in [5, 5.41) is 3.16. The smallest absolute Gasteiger partial charge is 0.248 e. The van der Waals surface area contributed by atoms with E-state index in [1.165, 1.54) is 20.3 Å². The molecule has 0 aromatic heterocycles. The number of halogens is 2. The molecule has 0 saturated heterocycles. The van der Waals surface area contributed by atoms with Crippen LogP contribution in [0.4, 0.5) is 5.69 Å². The maximum atomic E-state index is 12.1. The predicted octanol–water partition coefficient (Wildman–Crippen LogP) is 4.77. The van der Waals surface area contributed by atoms with Crippen LogP contribution in [0.5, 0.6) is 11.5 Å². The monoisotopic (exact) mass is 395 g/mol. The van der Waals surface area contributed by atoms with E-state index in [0.717, 1.165) is 10.0 Å². The van der Waals surface area contributed by atoms with E-state index in [-0.39, 0.29) is 5.91 Å². The number of ether oxygens (including phenoxy) is 2. The quantitative estimate of drug-likeness (QED) is 0.741. The van der Waals surface area contributed by atoms with Gasteiger partial charge in [-0.05, 0) is 23.8 Å². The molecule has 0 unspecified atom stereocenters. The third-order valence-corrected chi connectivity index (χ3v) is 3.80. The van der Waals surface area contributed by atoms with Crippen LogP contribution in [0.3, 0.4) is 0 Å². The highest BCUT2D eigenvalue weighted by Gasteiger charge is 2.11. The fraction of sp³-hybridized carbons (Fsp3) is 0.118. The number of carbonyl (C=O) groups excluding carboxylic acids is 1. The van der Waals surface area contributed by atoms with Crippen molar-refractivity contribution in [2.75, 3.05) is 19.5 Å². The number of rotatable bonds is 5. The van der Waals surface area contributed by atoms with E-state index in [1.54, 1.807) is 18.2 Å². The highest BCUT2D eigenvalue weighted by molar-refractivity contribution is 9.10. The van der Waals surface area contributed by atoms with Crippen molar-refractivity contribution in [2.24, 2.45) is 0 Å². The first-order chi connectivity index (χ1) is 11.0. The van der Waals surface area contributed by atoms with Crippen LogP contribution in [0.25, 0.3) is 6.08 Å². The van der Waals surface area contributed by atoms with E-state index in [4.69, 9.17) is 21.1 Å². The van der Waals surface area contributed by atoms with Crippen LogP contribution in [0.2, 0.25) is 5.02 Å². The van der Waals surface area contributed by atoms with E-state index >= 15 is 0 Å². The molecule has 0 spiro atoms. The fourth-order valence-electron chi connectivity index (χ4n) is 1.91. The Labute approximate surface area is 148 Å². The predicted molar refractivity (Wildman–Crippen MR) is 96.4 cm³/mol. The third kappa shape index (κ3) is 4.74. The number of amides is 1. The van der Waals surface area contributed by atoms with Crippen molar-refractivity contribution in [1.29, 1.82) is 0 Å². The van der Waals surface area contributed by atoms with E-state index in [9.17, 15) is 4.79 Å². The summed E-state index contributed by atoms with van der Waals surface area (Å²) in [5.41, 5.74) is 1.40. The van der Waals surface area contributed by atoms with Crippen molar-refractivity contribution in [3.05, 3.63) is 57.5 Å². The zero-order valence-electron chi connectivity index (χ0n) is 12.6. The van der Waals surface area contributed by atoms with Gasteiger partial charge in [0.1, 0.15) is 11.5 Å². The summed E-state index contributed by atoms with van der Waals surface area (Å²) < 4.78 is 11.3. The van der Waals surface area contributed by atoms with Crippen LogP contribution >= 0.6 is 27.5 Å². The molecule has 0 aliphatic heterocycles. The second kappa shape index (κ2) is 8.04. The summed E-state index contributed by atoms with van der Waals surface area (Å²) in [6.45, 7) is 0. The average Bonchev–Trinajstić information content (AvgIpc) is 2.54. The molecule has 2 rings (SSSR count). The van der Waals surface area contributed by atoms with Gasteiger partial charge < -0.3 is 14.8 Å². The van der Waals surface area contributed by atoms with Crippen molar-refractivity contribution in [2.45, 2.75) is 0 Å². The van der Waals surface area contributed by atoms with Crippen molar-refractivity contribution in [3.8, 4) is 11.5 Å². The van der Waals surface area contributed by atoms with Gasteiger partial charge in [0.2, 0.25) is 5.91 Å². The zero-order valence-corrected chi connectivity index (χ0v) is 14.9. The van der Waals surface area contributed by atoms with E-state index < -0.39 is 0 Å². The minimum atomic E-state index is -0.285. The molecule has 0 saturated carbocycles. The first-order valence-electron chi connectivity index (χ1n) is 6.69. The molecule has 0 heterocycles. The van der Waals surface area contributed by atoms with Crippen molar-refractivity contribution in [3.63, 3.8) is 0 Å². The minimum absolute atomic E-state index is 0.285. The Morgan fingerprint density at radius 3 is 2.57 bits per heavy atom. The highest BCUT2D eigenvalue weighted by Crippen LogP contribution is 2.35. The second-order valence-corrected chi connectivity index (χ2v) is 5.89. The number of carbonyl (C=O) groups is 1. The number of nitrogens with one attached hydrogen (secondary N) is 1. The van der Waals surface area contributed by atoms with Crippen molar-refractivity contribution in [1.82, 2.24) is 0 Å². The number of hydrogen-bond donors (Lipinski definition) is 1. The molecule has 6 heteroatoms. The lowest BCUT2D eigenvalue weighted by Gasteiger charge is -2.12. The SMILES string of the molecule is COc1cc(NC(=O)/C=C/c2cccc(Br)c2)c(OC)cc1Cl. The molecule has 1 amide bonds. The van der Waals surface area contributed by atoms with Crippen LogP contribution in [0.1, 0.15) is 5.56 Å². The third-order valence-electron chi connectivity index (χ3n) is 3.01. The van der Waals surface area contributed by atoms with Gasteiger partial charge in [-0.1, -0.05) is 39.7 Å². The first-order valence-corrected chi connectivity index (χ1v) is 7.86. The molecular weight excluding hydrogens is 382 g/mol. The molecule has 0 aliphatic rings. The van der Waals surface area contributed by atoms with Crippen LogP contribution in [-0.2, 0) is 4.79 Å². The Morgan fingerprint density at radius 1 is 1.17 bits per heavy atom. The van der Waals surface area contributed by atoms with E-state index in [2.05, 4.69) is 21.2 Å². The summed E-state index contributed by atoms with van der Waals surface area (Å²) in [6, 6.07) is 10.8. The van der Waals surface area contributed by atoms with Crippen molar-refractivity contribution < 1.29 is 14.3 Å². The summed E-state index contributed by atoms with van der Waals surface area (Å²) in [5.74, 6) is 0.631. The maximum Gasteiger partial charge on any atom is 0.248 e. The average molecular weight is 397 g/mol. The van der Waals surface area contributed by atoms with Gasteiger partial charge in [-0.3, -0.25) is 4.79 Å². The highest BCUT2D eigenvalue weighted by atomic mass is 79.9. The van der Waals surface area contributed by atoms with Gasteiger partial charge in [0.25, 0.3) is 0 Å². The largest absolute Gasteiger partial charge is 0.495 e. The molecule has 0 radical (unpaired) electrons. The Morgan fingerprint density at radius 2 is 1.91 bits per heavy atom. The number of hydrogen-bond acceptors (Lipinski definition) is 3. The minimum Gasteiger partial charge on any atom is -0.495 e. The molecule has 1 N–H and O–H groups in total. The van der Waals surface area contributed by atoms with Crippen LogP contribution < -0.4 is 14.8 Å². The van der Waals surface area contributed by atoms with Gasteiger partial charge in [-0.25, -0.2) is 0 Å². The first kappa shape index (κ1) is 17.4. The van der Waals surface area contributed by atoms with Gasteiger partial charge in [0, 0.05) is 22.7 Å². The Kier molecular flexibility index (Phi) is 6.07. The molecule has 0 fully saturated rings. The molecule has 4 nitrogen and oxygen atoms in total. The molecule has 0 aliphatic carbocycles. The molecular formula is C17H15BrClNO3. The lowest BCUT2D eigenvalue weighted by atomic mass is 10.2. The Balaban J connectivity index is 2.16. The molecule has 2 aromatic carbocycles. The van der Waals surface area contributed by atoms with Crippen LogP contribution in [0, 0.1) is 0 Å². The summed E-state index contributed by atoms with van der Waals surface area (Å²) >= 11 is 9.42. The topological polar surface area (TPSA) is 47.6 Å². The van der Waals surface area contributed by atoms with Gasteiger partial charge in [-0.2, -0.15) is 0 Å². The van der Waals surface area contributed by atoms with E-state index in [1.807, 2.05) is 24.3 Å². The van der Waals surface area contributed by atoms with Gasteiger partial charge in [-0.15, -0.1) is 0 Å². The molecule has 0 atom stereocenters. The zero-order chi connectivity index (χ0) is 16.8. The maximum absolute atomic E-state index is 12.1. The van der Waals surface area contributed by atoms with Gasteiger partial charge in [0.05, 0.1) is 24.9 Å². The number of anilines is 1. The molecule has 2 aromatic rings. The van der Waals surface area contributed by atoms with Gasteiger partial charge >= 0.3 is 0 Å². The molecule has 120 valence electrons. The molecule has 23 heavy (non-hydrogen) atoms. The molecule has 0 bridgehead atoms. The Bertz CT molecular complexity index is 747. The van der Waals surface area contributed by atoms with Gasteiger partial charge in [0.15, 0.2) is 0 Å². The number of methoxy groups -OCH3 is 2. The summed E-state index contributed by atoms with van der Waals surface area (Å²) in [4.78, 5) is 12.1. The lowest BCUT2D eigenvalue weighted by Crippen LogP contribution is -2.09. The summed E-state index contributed by atoms with van der Waals surface area (Å²) in [6.07, 6.45) is 3.17. The normalized spacial score (nSPS) is 10.6. The standard InChI is InChI=1S/C17H15BrClNO3/c1-22-15-10-14(16(23-2)9-13(15)19)20-17(21)7-6-11-4-3-5-12(18)8-11/h3-10H,1-2H3,(H,20,21)/b7-6+. The fourth-order valence-corrected chi connectivity index (χ4v) is 2.56. The second-order valence-electron chi connectivity index (χ2n) is 4.56. The number of benzene rings is 2. The lowest BCUT2D eigenvalue weighted by molar-refractivity contribution is -0.111. The van der Waals surface area contributed by atoms with E-state index in [0.29, 0.717) is 22.2 Å². The van der Waals surface area contributed by atoms with Crippen molar-refractivity contribution >= 4 is 45.2 Å².